The molecule has 0 spiro atoms. The minimum absolute atomic E-state index is 0.425. The van der Waals surface area contributed by atoms with Crippen LogP contribution in [0.5, 0.6) is 0 Å². The third-order valence-corrected chi connectivity index (χ3v) is 4.48. The first-order valence-electron chi connectivity index (χ1n) is 7.42. The topological polar surface area (TPSA) is 51.8 Å². The number of aromatic nitrogens is 5. The summed E-state index contributed by atoms with van der Waals surface area (Å²) in [6.45, 7) is 6.44. The van der Waals surface area contributed by atoms with E-state index in [1.807, 2.05) is 10.9 Å². The van der Waals surface area contributed by atoms with Crippen LogP contribution < -0.4 is 0 Å². The van der Waals surface area contributed by atoms with E-state index in [0.29, 0.717) is 6.04 Å². The second-order valence-electron chi connectivity index (χ2n) is 5.97. The van der Waals surface area contributed by atoms with Crippen molar-refractivity contribution < 1.29 is 0 Å². The average Bonchev–Trinajstić information content (AvgIpc) is 2.96. The molecule has 0 unspecified atom stereocenters. The smallest absolute Gasteiger partial charge is 0.137 e. The normalized spacial score (nSPS) is 22.9. The molecular formula is C14H20N6. The SMILES string of the molecule is C[C@@H]1c2ncc(Cn3cncn3)n2CCN1CC1CC1. The van der Waals surface area contributed by atoms with E-state index < -0.39 is 0 Å². The Morgan fingerprint density at radius 1 is 1.30 bits per heavy atom. The van der Waals surface area contributed by atoms with Gasteiger partial charge in [-0.05, 0) is 25.7 Å². The van der Waals surface area contributed by atoms with E-state index in [1.165, 1.54) is 30.9 Å². The molecule has 0 saturated heterocycles. The molecule has 6 nitrogen and oxygen atoms in total. The molecular weight excluding hydrogens is 252 g/mol. The highest BCUT2D eigenvalue weighted by atomic mass is 15.3. The van der Waals surface area contributed by atoms with Crippen LogP contribution in [0, 0.1) is 5.92 Å². The van der Waals surface area contributed by atoms with Crippen molar-refractivity contribution in [1.82, 2.24) is 29.2 Å². The van der Waals surface area contributed by atoms with Crippen molar-refractivity contribution in [2.75, 3.05) is 13.1 Å². The van der Waals surface area contributed by atoms with Gasteiger partial charge < -0.3 is 4.57 Å². The lowest BCUT2D eigenvalue weighted by atomic mass is 10.2. The molecule has 2 aliphatic rings. The Balaban J connectivity index is 1.54. The van der Waals surface area contributed by atoms with Crippen molar-refractivity contribution in [3.63, 3.8) is 0 Å². The summed E-state index contributed by atoms with van der Waals surface area (Å²) in [6.07, 6.45) is 8.15. The fourth-order valence-electron chi connectivity index (χ4n) is 3.09. The molecule has 2 aromatic heterocycles. The number of hydrogen-bond acceptors (Lipinski definition) is 4. The predicted molar refractivity (Wildman–Crippen MR) is 74.1 cm³/mol. The molecule has 0 amide bonds. The van der Waals surface area contributed by atoms with Crippen molar-refractivity contribution in [3.8, 4) is 0 Å². The van der Waals surface area contributed by atoms with Crippen LogP contribution in [0.2, 0.25) is 0 Å². The second-order valence-corrected chi connectivity index (χ2v) is 5.97. The summed E-state index contributed by atoms with van der Waals surface area (Å²) >= 11 is 0. The van der Waals surface area contributed by atoms with Gasteiger partial charge in [-0.2, -0.15) is 5.10 Å². The van der Waals surface area contributed by atoms with Gasteiger partial charge in [-0.15, -0.1) is 0 Å². The summed E-state index contributed by atoms with van der Waals surface area (Å²) in [6, 6.07) is 0.425. The standard InChI is InChI=1S/C14H20N6/c1-11-14-16-6-13(8-19-10-15-9-17-19)20(14)5-4-18(11)7-12-2-3-12/h6,9-12H,2-5,7-8H2,1H3/t11-/m1/s1. The van der Waals surface area contributed by atoms with Gasteiger partial charge in [0.1, 0.15) is 18.5 Å². The van der Waals surface area contributed by atoms with Crippen molar-refractivity contribution in [1.29, 1.82) is 0 Å². The van der Waals surface area contributed by atoms with Gasteiger partial charge in [0, 0.05) is 19.6 Å². The van der Waals surface area contributed by atoms with Gasteiger partial charge in [-0.1, -0.05) is 0 Å². The molecule has 1 aliphatic carbocycles. The molecule has 106 valence electrons. The molecule has 0 aromatic carbocycles. The van der Waals surface area contributed by atoms with E-state index in [9.17, 15) is 0 Å². The lowest BCUT2D eigenvalue weighted by Gasteiger charge is -2.34. The number of hydrogen-bond donors (Lipinski definition) is 0. The summed E-state index contributed by atoms with van der Waals surface area (Å²) < 4.78 is 4.21. The summed E-state index contributed by atoms with van der Waals surface area (Å²) in [5.74, 6) is 2.14. The highest BCUT2D eigenvalue weighted by molar-refractivity contribution is 5.11. The summed E-state index contributed by atoms with van der Waals surface area (Å²) in [5, 5.41) is 4.18. The van der Waals surface area contributed by atoms with E-state index in [0.717, 1.165) is 25.6 Å². The van der Waals surface area contributed by atoms with Gasteiger partial charge in [0.2, 0.25) is 0 Å². The quantitative estimate of drug-likeness (QED) is 0.842. The van der Waals surface area contributed by atoms with Crippen molar-refractivity contribution in [3.05, 3.63) is 30.4 Å². The molecule has 0 radical (unpaired) electrons. The van der Waals surface area contributed by atoms with Gasteiger partial charge in [-0.3, -0.25) is 4.90 Å². The minimum Gasteiger partial charge on any atom is -0.328 e. The first kappa shape index (κ1) is 12.1. The Labute approximate surface area is 118 Å². The zero-order valence-corrected chi connectivity index (χ0v) is 11.8. The zero-order chi connectivity index (χ0) is 13.5. The molecule has 20 heavy (non-hydrogen) atoms. The Morgan fingerprint density at radius 3 is 2.95 bits per heavy atom. The van der Waals surface area contributed by atoms with Crippen LogP contribution in [0.15, 0.2) is 18.9 Å². The van der Waals surface area contributed by atoms with Gasteiger partial charge in [-0.25, -0.2) is 14.6 Å². The highest BCUT2D eigenvalue weighted by Crippen LogP contribution is 2.34. The van der Waals surface area contributed by atoms with Crippen LogP contribution in [0.4, 0.5) is 0 Å². The molecule has 6 heteroatoms. The van der Waals surface area contributed by atoms with Crippen LogP contribution in [-0.4, -0.2) is 42.3 Å². The first-order chi connectivity index (χ1) is 9.81. The van der Waals surface area contributed by atoms with E-state index in [-0.39, 0.29) is 0 Å². The lowest BCUT2D eigenvalue weighted by molar-refractivity contribution is 0.156. The van der Waals surface area contributed by atoms with E-state index >= 15 is 0 Å². The Morgan fingerprint density at radius 2 is 2.20 bits per heavy atom. The Bertz CT molecular complexity index is 583. The molecule has 0 bridgehead atoms. The van der Waals surface area contributed by atoms with Gasteiger partial charge >= 0.3 is 0 Å². The van der Waals surface area contributed by atoms with Crippen molar-refractivity contribution in [2.24, 2.45) is 5.92 Å². The lowest BCUT2D eigenvalue weighted by Crippen LogP contribution is -2.38. The molecule has 2 aromatic rings. The monoisotopic (exact) mass is 272 g/mol. The third kappa shape index (κ3) is 2.14. The molecule has 1 fully saturated rings. The van der Waals surface area contributed by atoms with Crippen LogP contribution in [0.1, 0.15) is 37.3 Å². The molecule has 1 atom stereocenters. The van der Waals surface area contributed by atoms with E-state index in [2.05, 4.69) is 31.5 Å². The molecule has 3 heterocycles. The first-order valence-corrected chi connectivity index (χ1v) is 7.42. The molecule has 1 saturated carbocycles. The fourth-order valence-corrected chi connectivity index (χ4v) is 3.09. The van der Waals surface area contributed by atoms with E-state index in [4.69, 9.17) is 0 Å². The predicted octanol–water partition coefficient (Wildman–Crippen LogP) is 1.31. The van der Waals surface area contributed by atoms with Crippen molar-refractivity contribution >= 4 is 0 Å². The highest BCUT2D eigenvalue weighted by Gasteiger charge is 2.31. The van der Waals surface area contributed by atoms with Gasteiger partial charge in [0.25, 0.3) is 0 Å². The third-order valence-electron chi connectivity index (χ3n) is 4.48. The largest absolute Gasteiger partial charge is 0.328 e. The zero-order valence-electron chi connectivity index (χ0n) is 11.8. The van der Waals surface area contributed by atoms with Crippen LogP contribution in [0.3, 0.4) is 0 Å². The maximum Gasteiger partial charge on any atom is 0.137 e. The van der Waals surface area contributed by atoms with Crippen molar-refractivity contribution in [2.45, 2.75) is 38.9 Å². The Hall–Kier alpha value is -1.69. The number of imidazole rings is 1. The summed E-state index contributed by atoms with van der Waals surface area (Å²) in [4.78, 5) is 11.2. The van der Waals surface area contributed by atoms with Gasteiger partial charge in [0.05, 0.1) is 24.5 Å². The van der Waals surface area contributed by atoms with E-state index in [1.54, 1.807) is 12.7 Å². The maximum atomic E-state index is 4.66. The fraction of sp³-hybridized carbons (Fsp3) is 0.643. The molecule has 1 aliphatic heterocycles. The second kappa shape index (κ2) is 4.70. The molecule has 0 N–H and O–H groups in total. The van der Waals surface area contributed by atoms with Crippen LogP contribution in [-0.2, 0) is 13.1 Å². The average molecular weight is 272 g/mol. The number of nitrogens with zero attached hydrogens (tertiary/aromatic N) is 6. The summed E-state index contributed by atoms with van der Waals surface area (Å²) in [7, 11) is 0. The Kier molecular flexibility index (Phi) is 2.84. The van der Waals surface area contributed by atoms with Gasteiger partial charge in [0.15, 0.2) is 0 Å². The summed E-state index contributed by atoms with van der Waals surface area (Å²) in [5.41, 5.74) is 1.23. The molecule has 4 rings (SSSR count). The number of rotatable bonds is 4. The number of fused-ring (bicyclic) bond motifs is 1. The van der Waals surface area contributed by atoms with Crippen LogP contribution in [0.25, 0.3) is 0 Å². The minimum atomic E-state index is 0.425. The van der Waals surface area contributed by atoms with Crippen LogP contribution >= 0.6 is 0 Å². The maximum absolute atomic E-state index is 4.66.